The Bertz CT molecular complexity index is 917. The molecule has 7 nitrogen and oxygen atoms in total. The Morgan fingerprint density at radius 2 is 1.88 bits per heavy atom. The maximum Gasteiger partial charge on any atom is 0.250 e. The standard InChI is InChI=1S/C15H22N2O2.C11H11NO2/c1-2-13(8-4-3-6-10-16)15(19)17-11-7-5-9-14(17)12-18;1-8(11(14)9(2)13)12-10-6-4-3-5-7-10/h2-4,6,10,12,14H,5,7-9,11,16H2,1H3;3-7,12H,1H2,2H3/b4-3?,10-6+,13-2+;. The van der Waals surface area contributed by atoms with E-state index in [0.717, 1.165) is 36.8 Å². The summed E-state index contributed by atoms with van der Waals surface area (Å²) in [7, 11) is 0. The molecule has 33 heavy (non-hydrogen) atoms. The first kappa shape index (κ1) is 27.3. The summed E-state index contributed by atoms with van der Waals surface area (Å²) >= 11 is 0. The smallest absolute Gasteiger partial charge is 0.250 e. The minimum Gasteiger partial charge on any atom is -0.405 e. The van der Waals surface area contributed by atoms with Gasteiger partial charge in [-0.15, -0.1) is 0 Å². The second-order valence-electron chi connectivity index (χ2n) is 7.38. The maximum absolute atomic E-state index is 12.4. The van der Waals surface area contributed by atoms with Crippen LogP contribution < -0.4 is 11.1 Å². The zero-order valence-electron chi connectivity index (χ0n) is 19.3. The van der Waals surface area contributed by atoms with Gasteiger partial charge in [0.1, 0.15) is 6.29 Å². The van der Waals surface area contributed by atoms with Gasteiger partial charge in [0.25, 0.3) is 0 Å². The third-order valence-corrected chi connectivity index (χ3v) is 4.95. The van der Waals surface area contributed by atoms with E-state index in [0.29, 0.717) is 13.0 Å². The number of nitrogens with two attached hydrogens (primary N) is 1. The predicted octanol–water partition coefficient (Wildman–Crippen LogP) is 3.70. The number of hydrogen-bond acceptors (Lipinski definition) is 6. The number of anilines is 1. The Morgan fingerprint density at radius 1 is 1.18 bits per heavy atom. The molecular weight excluding hydrogens is 418 g/mol. The molecule has 2 rings (SSSR count). The van der Waals surface area contributed by atoms with E-state index in [4.69, 9.17) is 5.73 Å². The molecular formula is C26H33N3O4. The lowest BCUT2D eigenvalue weighted by Crippen LogP contribution is -2.45. The van der Waals surface area contributed by atoms with Crippen LogP contribution in [0.3, 0.4) is 0 Å². The number of likely N-dealkylation sites (tertiary alicyclic amines) is 1. The molecule has 1 atom stereocenters. The van der Waals surface area contributed by atoms with Crippen molar-refractivity contribution in [3.05, 3.63) is 78.7 Å². The van der Waals surface area contributed by atoms with Crippen molar-refractivity contribution in [2.24, 2.45) is 5.73 Å². The Labute approximate surface area is 195 Å². The van der Waals surface area contributed by atoms with Gasteiger partial charge >= 0.3 is 0 Å². The molecule has 0 radical (unpaired) electrons. The number of Topliss-reactive ketones (excluding diaryl/α,β-unsaturated/α-hetero) is 2. The average molecular weight is 452 g/mol. The number of aldehydes is 1. The summed E-state index contributed by atoms with van der Waals surface area (Å²) in [6.45, 7) is 7.23. The molecule has 1 heterocycles. The number of nitrogens with one attached hydrogen (secondary N) is 1. The van der Waals surface area contributed by atoms with E-state index in [-0.39, 0.29) is 17.6 Å². The van der Waals surface area contributed by atoms with E-state index in [1.165, 1.54) is 13.1 Å². The Balaban J connectivity index is 0.000000346. The van der Waals surface area contributed by atoms with Gasteiger partial charge in [-0.2, -0.15) is 0 Å². The van der Waals surface area contributed by atoms with Crippen molar-refractivity contribution < 1.29 is 19.2 Å². The highest BCUT2D eigenvalue weighted by Gasteiger charge is 2.27. The summed E-state index contributed by atoms with van der Waals surface area (Å²) < 4.78 is 0. The van der Waals surface area contributed by atoms with Crippen molar-refractivity contribution in [3.8, 4) is 0 Å². The quantitative estimate of drug-likeness (QED) is 0.256. The van der Waals surface area contributed by atoms with E-state index >= 15 is 0 Å². The van der Waals surface area contributed by atoms with E-state index in [9.17, 15) is 19.2 Å². The molecule has 1 aromatic rings. The monoisotopic (exact) mass is 451 g/mol. The zero-order valence-corrected chi connectivity index (χ0v) is 19.3. The molecule has 0 spiro atoms. The minimum atomic E-state index is -0.589. The molecule has 0 aliphatic carbocycles. The number of nitrogens with zero attached hydrogens (tertiary/aromatic N) is 1. The Hall–Kier alpha value is -3.74. The number of ketones is 2. The second kappa shape index (κ2) is 15.1. The molecule has 1 fully saturated rings. The van der Waals surface area contributed by atoms with Gasteiger partial charge in [0.2, 0.25) is 17.5 Å². The summed E-state index contributed by atoms with van der Waals surface area (Å²) in [6.07, 6.45) is 12.9. The number of piperidine rings is 1. The van der Waals surface area contributed by atoms with Gasteiger partial charge in [-0.05, 0) is 57.0 Å². The number of para-hydroxylation sites is 1. The van der Waals surface area contributed by atoms with Gasteiger partial charge in [-0.3, -0.25) is 14.4 Å². The van der Waals surface area contributed by atoms with Crippen LogP contribution in [0.25, 0.3) is 0 Å². The van der Waals surface area contributed by atoms with Crippen molar-refractivity contribution in [3.63, 3.8) is 0 Å². The summed E-state index contributed by atoms with van der Waals surface area (Å²) in [5, 5.41) is 2.76. The average Bonchev–Trinajstić information content (AvgIpc) is 2.84. The van der Waals surface area contributed by atoms with Gasteiger partial charge in [0.15, 0.2) is 0 Å². The highest BCUT2D eigenvalue weighted by Crippen LogP contribution is 2.19. The SMILES string of the molecule is C/C=C(\CC=C/C=C/N)C(=O)N1CCCCC1C=O.C=C(Nc1ccccc1)C(=O)C(C)=O. The number of rotatable bonds is 9. The Morgan fingerprint density at radius 3 is 2.45 bits per heavy atom. The number of carbonyl (C=O) groups is 4. The van der Waals surface area contributed by atoms with Crippen LogP contribution in [0.5, 0.6) is 0 Å². The summed E-state index contributed by atoms with van der Waals surface area (Å²) in [5.41, 5.74) is 6.79. The molecule has 1 aliphatic rings. The third-order valence-electron chi connectivity index (χ3n) is 4.95. The molecule has 1 aromatic carbocycles. The van der Waals surface area contributed by atoms with Crippen LogP contribution in [0.15, 0.2) is 78.7 Å². The molecule has 0 aromatic heterocycles. The first-order valence-electron chi connectivity index (χ1n) is 10.9. The lowest BCUT2D eigenvalue weighted by atomic mass is 10.0. The van der Waals surface area contributed by atoms with Gasteiger partial charge in [0.05, 0.1) is 11.7 Å². The number of carbonyl (C=O) groups excluding carboxylic acids is 4. The van der Waals surface area contributed by atoms with Crippen LogP contribution in [0, 0.1) is 0 Å². The largest absolute Gasteiger partial charge is 0.405 e. The molecule has 1 aliphatic heterocycles. The van der Waals surface area contributed by atoms with Crippen LogP contribution >= 0.6 is 0 Å². The molecule has 176 valence electrons. The molecule has 0 saturated carbocycles. The lowest BCUT2D eigenvalue weighted by Gasteiger charge is -2.32. The van der Waals surface area contributed by atoms with Crippen LogP contribution in [0.1, 0.15) is 39.5 Å². The predicted molar refractivity (Wildman–Crippen MR) is 131 cm³/mol. The summed E-state index contributed by atoms with van der Waals surface area (Å²) in [6, 6.07) is 8.84. The lowest BCUT2D eigenvalue weighted by molar-refractivity contribution is -0.134. The molecule has 7 heteroatoms. The Kier molecular flexibility index (Phi) is 12.5. The molecule has 0 bridgehead atoms. The molecule has 1 amide bonds. The van der Waals surface area contributed by atoms with Crippen molar-refractivity contribution in [2.45, 2.75) is 45.6 Å². The number of benzene rings is 1. The molecule has 3 N–H and O–H groups in total. The fraction of sp³-hybridized carbons (Fsp3) is 0.308. The van der Waals surface area contributed by atoms with E-state index in [2.05, 4.69) is 11.9 Å². The fourth-order valence-electron chi connectivity index (χ4n) is 3.17. The van der Waals surface area contributed by atoms with Crippen molar-refractivity contribution in [1.82, 2.24) is 4.90 Å². The van der Waals surface area contributed by atoms with Gasteiger partial charge in [-0.1, -0.05) is 43.0 Å². The van der Waals surface area contributed by atoms with Crippen LogP contribution in [0.4, 0.5) is 5.69 Å². The van der Waals surface area contributed by atoms with E-state index in [1.807, 2.05) is 43.4 Å². The number of allylic oxidation sites excluding steroid dienone is 5. The van der Waals surface area contributed by atoms with Crippen molar-refractivity contribution in [1.29, 1.82) is 0 Å². The van der Waals surface area contributed by atoms with E-state index in [1.54, 1.807) is 23.1 Å². The highest BCUT2D eigenvalue weighted by molar-refractivity contribution is 6.43. The minimum absolute atomic E-state index is 0.0271. The van der Waals surface area contributed by atoms with Crippen molar-refractivity contribution >= 4 is 29.4 Å². The fourth-order valence-corrected chi connectivity index (χ4v) is 3.17. The topological polar surface area (TPSA) is 110 Å². The summed E-state index contributed by atoms with van der Waals surface area (Å²) in [4.78, 5) is 47.0. The van der Waals surface area contributed by atoms with E-state index < -0.39 is 11.6 Å². The third kappa shape index (κ3) is 9.51. The normalized spacial score (nSPS) is 16.1. The van der Waals surface area contributed by atoms with Gasteiger partial charge in [0, 0.05) is 24.7 Å². The summed E-state index contributed by atoms with van der Waals surface area (Å²) in [5.74, 6) is -1.13. The zero-order chi connectivity index (χ0) is 24.6. The second-order valence-corrected chi connectivity index (χ2v) is 7.38. The van der Waals surface area contributed by atoms with Gasteiger partial charge in [-0.25, -0.2) is 0 Å². The number of amides is 1. The van der Waals surface area contributed by atoms with Crippen molar-refractivity contribution in [2.75, 3.05) is 11.9 Å². The van der Waals surface area contributed by atoms with Crippen LogP contribution in [-0.4, -0.2) is 41.2 Å². The first-order valence-corrected chi connectivity index (χ1v) is 10.9. The molecule has 1 saturated heterocycles. The molecule has 1 unspecified atom stereocenters. The van der Waals surface area contributed by atoms with Crippen LogP contribution in [0.2, 0.25) is 0 Å². The highest BCUT2D eigenvalue weighted by atomic mass is 16.2. The maximum atomic E-state index is 12.4. The first-order chi connectivity index (χ1) is 15.8. The van der Waals surface area contributed by atoms with Gasteiger partial charge < -0.3 is 20.7 Å². The van der Waals surface area contributed by atoms with Crippen LogP contribution in [-0.2, 0) is 19.2 Å². The number of hydrogen-bond donors (Lipinski definition) is 2.